The fraction of sp³-hybridized carbons (Fsp3) is 0.250. The largest absolute Gasteiger partial charge is 0.490 e. The molecule has 3 heteroatoms. The van der Waals surface area contributed by atoms with Crippen molar-refractivity contribution in [2.24, 2.45) is 0 Å². The Bertz CT molecular complexity index is 546. The van der Waals surface area contributed by atoms with E-state index in [2.05, 4.69) is 0 Å². The van der Waals surface area contributed by atoms with Crippen LogP contribution in [0.4, 0.5) is 4.39 Å². The van der Waals surface area contributed by atoms with Crippen molar-refractivity contribution in [3.05, 3.63) is 65.0 Å². The van der Waals surface area contributed by atoms with Gasteiger partial charge in [-0.2, -0.15) is 0 Å². The lowest BCUT2D eigenvalue weighted by atomic mass is 10.1. The zero-order valence-corrected chi connectivity index (χ0v) is 11.1. The lowest BCUT2D eigenvalue weighted by Gasteiger charge is -2.16. The number of ether oxygens (including phenoxy) is 1. The highest BCUT2D eigenvalue weighted by atomic mass is 19.1. The summed E-state index contributed by atoms with van der Waals surface area (Å²) in [7, 11) is 0. The van der Waals surface area contributed by atoms with Crippen LogP contribution in [0.15, 0.2) is 42.5 Å². The molecule has 100 valence electrons. The summed E-state index contributed by atoms with van der Waals surface area (Å²) in [5, 5.41) is 9.98. The third kappa shape index (κ3) is 3.12. The molecule has 0 bridgehead atoms. The van der Waals surface area contributed by atoms with Gasteiger partial charge in [0.25, 0.3) is 0 Å². The van der Waals surface area contributed by atoms with Crippen molar-refractivity contribution >= 4 is 0 Å². The van der Waals surface area contributed by atoms with E-state index in [1.807, 2.05) is 32.0 Å². The molecule has 2 aromatic rings. The third-order valence-corrected chi connectivity index (χ3v) is 3.06. The second-order valence-electron chi connectivity index (χ2n) is 4.57. The molecule has 0 aliphatic heterocycles. The van der Waals surface area contributed by atoms with Crippen molar-refractivity contribution in [2.45, 2.75) is 20.0 Å². The van der Waals surface area contributed by atoms with Crippen LogP contribution in [0.3, 0.4) is 0 Å². The molecule has 19 heavy (non-hydrogen) atoms. The van der Waals surface area contributed by atoms with Gasteiger partial charge in [-0.05, 0) is 31.0 Å². The lowest BCUT2D eigenvalue weighted by Crippen LogP contribution is -2.12. The van der Waals surface area contributed by atoms with E-state index in [9.17, 15) is 9.50 Å². The van der Waals surface area contributed by atoms with E-state index in [4.69, 9.17) is 4.74 Å². The first-order chi connectivity index (χ1) is 9.09. The maximum absolute atomic E-state index is 13.5. The quantitative estimate of drug-likeness (QED) is 0.910. The van der Waals surface area contributed by atoms with E-state index in [0.717, 1.165) is 16.9 Å². The zero-order valence-electron chi connectivity index (χ0n) is 11.1. The monoisotopic (exact) mass is 260 g/mol. The molecule has 0 aliphatic rings. The average molecular weight is 260 g/mol. The molecule has 0 saturated heterocycles. The molecule has 0 saturated carbocycles. The van der Waals surface area contributed by atoms with Crippen molar-refractivity contribution in [2.75, 3.05) is 6.61 Å². The van der Waals surface area contributed by atoms with Crippen molar-refractivity contribution < 1.29 is 14.2 Å². The molecule has 0 spiro atoms. The summed E-state index contributed by atoms with van der Waals surface area (Å²) >= 11 is 0. The first kappa shape index (κ1) is 13.6. The van der Waals surface area contributed by atoms with Gasteiger partial charge < -0.3 is 9.84 Å². The van der Waals surface area contributed by atoms with E-state index < -0.39 is 11.9 Å². The van der Waals surface area contributed by atoms with Gasteiger partial charge in [0.1, 0.15) is 24.3 Å². The molecule has 2 nitrogen and oxygen atoms in total. The Labute approximate surface area is 112 Å². The van der Waals surface area contributed by atoms with Crippen LogP contribution in [0.25, 0.3) is 0 Å². The maximum atomic E-state index is 13.5. The van der Waals surface area contributed by atoms with Crippen LogP contribution in [0.2, 0.25) is 0 Å². The molecule has 2 aromatic carbocycles. The van der Waals surface area contributed by atoms with Crippen molar-refractivity contribution in [3.8, 4) is 5.75 Å². The number of hydrogen-bond acceptors (Lipinski definition) is 2. The smallest absolute Gasteiger partial charge is 0.129 e. The Kier molecular flexibility index (Phi) is 4.17. The van der Waals surface area contributed by atoms with Gasteiger partial charge in [-0.15, -0.1) is 0 Å². The Balaban J connectivity index is 2.09. The molecule has 0 fully saturated rings. The van der Waals surface area contributed by atoms with E-state index >= 15 is 0 Å². The lowest BCUT2D eigenvalue weighted by molar-refractivity contribution is 0.104. The minimum Gasteiger partial charge on any atom is -0.490 e. The number of hydrogen-bond donors (Lipinski definition) is 1. The first-order valence-corrected chi connectivity index (χ1v) is 6.21. The minimum atomic E-state index is -0.972. The van der Waals surface area contributed by atoms with Gasteiger partial charge in [-0.1, -0.05) is 36.4 Å². The molecule has 0 aromatic heterocycles. The Morgan fingerprint density at radius 1 is 1.05 bits per heavy atom. The van der Waals surface area contributed by atoms with E-state index in [-0.39, 0.29) is 12.2 Å². The number of benzene rings is 2. The second-order valence-corrected chi connectivity index (χ2v) is 4.57. The number of para-hydroxylation sites is 1. The highest BCUT2D eigenvalue weighted by Gasteiger charge is 2.14. The minimum absolute atomic E-state index is 0.0344. The van der Waals surface area contributed by atoms with Crippen molar-refractivity contribution in [3.63, 3.8) is 0 Å². The van der Waals surface area contributed by atoms with Crippen LogP contribution in [0, 0.1) is 19.7 Å². The van der Waals surface area contributed by atoms with Gasteiger partial charge in [-0.3, -0.25) is 0 Å². The molecule has 1 unspecified atom stereocenters. The number of aliphatic hydroxyl groups is 1. The predicted molar refractivity (Wildman–Crippen MR) is 72.8 cm³/mol. The summed E-state index contributed by atoms with van der Waals surface area (Å²) in [5.74, 6) is 0.331. The van der Waals surface area contributed by atoms with Crippen LogP contribution in [0.5, 0.6) is 5.75 Å². The fourth-order valence-corrected chi connectivity index (χ4v) is 2.02. The normalized spacial score (nSPS) is 12.2. The van der Waals surface area contributed by atoms with E-state index in [1.165, 1.54) is 6.07 Å². The fourth-order valence-electron chi connectivity index (χ4n) is 2.02. The third-order valence-electron chi connectivity index (χ3n) is 3.06. The standard InChI is InChI=1S/C16H17FO2/c1-11-6-5-7-12(2)16(11)19-10-15(18)13-8-3-4-9-14(13)17/h3-9,15,18H,10H2,1-2H3. The second kappa shape index (κ2) is 5.85. The topological polar surface area (TPSA) is 29.5 Å². The molecule has 2 rings (SSSR count). The Morgan fingerprint density at radius 2 is 1.68 bits per heavy atom. The Hall–Kier alpha value is -1.87. The zero-order chi connectivity index (χ0) is 13.8. The van der Waals surface area contributed by atoms with Gasteiger partial charge in [0.2, 0.25) is 0 Å². The molecular weight excluding hydrogens is 243 g/mol. The highest BCUT2D eigenvalue weighted by molar-refractivity contribution is 5.39. The van der Waals surface area contributed by atoms with Gasteiger partial charge >= 0.3 is 0 Å². The van der Waals surface area contributed by atoms with Gasteiger partial charge in [0.15, 0.2) is 0 Å². The first-order valence-electron chi connectivity index (χ1n) is 6.21. The van der Waals surface area contributed by atoms with Crippen LogP contribution in [-0.4, -0.2) is 11.7 Å². The number of halogens is 1. The van der Waals surface area contributed by atoms with Gasteiger partial charge in [0.05, 0.1) is 0 Å². The molecular formula is C16H17FO2. The molecule has 0 radical (unpaired) electrons. The predicted octanol–water partition coefficient (Wildman–Crippen LogP) is 3.55. The Morgan fingerprint density at radius 3 is 2.32 bits per heavy atom. The molecule has 0 heterocycles. The highest BCUT2D eigenvalue weighted by Crippen LogP contribution is 2.24. The van der Waals surface area contributed by atoms with Crippen LogP contribution >= 0.6 is 0 Å². The number of rotatable bonds is 4. The SMILES string of the molecule is Cc1cccc(C)c1OCC(O)c1ccccc1F. The number of aryl methyl sites for hydroxylation is 2. The van der Waals surface area contributed by atoms with E-state index in [0.29, 0.717) is 0 Å². The van der Waals surface area contributed by atoms with E-state index in [1.54, 1.807) is 18.2 Å². The summed E-state index contributed by atoms with van der Waals surface area (Å²) in [4.78, 5) is 0. The van der Waals surface area contributed by atoms with Gasteiger partial charge in [-0.25, -0.2) is 4.39 Å². The van der Waals surface area contributed by atoms with Crippen LogP contribution < -0.4 is 4.74 Å². The molecule has 0 amide bonds. The maximum Gasteiger partial charge on any atom is 0.129 e. The van der Waals surface area contributed by atoms with Gasteiger partial charge in [0, 0.05) is 5.56 Å². The number of aliphatic hydroxyl groups excluding tert-OH is 1. The molecule has 1 N–H and O–H groups in total. The van der Waals surface area contributed by atoms with Crippen molar-refractivity contribution in [1.29, 1.82) is 0 Å². The van der Waals surface area contributed by atoms with Crippen molar-refractivity contribution in [1.82, 2.24) is 0 Å². The molecule has 1 atom stereocenters. The summed E-state index contributed by atoms with van der Waals surface area (Å²) in [6.45, 7) is 3.92. The van der Waals surface area contributed by atoms with Crippen LogP contribution in [0.1, 0.15) is 22.8 Å². The average Bonchev–Trinajstić information content (AvgIpc) is 2.38. The summed E-state index contributed by atoms with van der Waals surface area (Å²) < 4.78 is 19.1. The summed E-state index contributed by atoms with van der Waals surface area (Å²) in [6.07, 6.45) is -0.972. The molecule has 0 aliphatic carbocycles. The van der Waals surface area contributed by atoms with Crippen LogP contribution in [-0.2, 0) is 0 Å². The summed E-state index contributed by atoms with van der Waals surface area (Å²) in [5.41, 5.74) is 2.26. The summed E-state index contributed by atoms with van der Waals surface area (Å²) in [6, 6.07) is 12.0.